The van der Waals surface area contributed by atoms with Crippen LogP contribution in [-0.2, 0) is 61.0 Å². The van der Waals surface area contributed by atoms with Gasteiger partial charge in [-0.05, 0) is 81.8 Å². The number of nitrogens with one attached hydrogen (secondary N) is 1. The molecular weight excluding hydrogens is 1040 g/mol. The lowest BCUT2D eigenvalue weighted by Crippen LogP contribution is -2.40. The van der Waals surface area contributed by atoms with Crippen LogP contribution in [0.2, 0.25) is 5.02 Å². The van der Waals surface area contributed by atoms with Gasteiger partial charge in [-0.3, -0.25) is 14.2 Å². The van der Waals surface area contributed by atoms with E-state index in [4.69, 9.17) is 16.3 Å². The molecule has 0 spiro atoms. The molecule has 0 saturated heterocycles. The Morgan fingerprint density at radius 2 is 1.58 bits per heavy atom. The molecule has 390 valence electrons. The number of pyridine rings is 1. The van der Waals surface area contributed by atoms with Crippen LogP contribution in [0, 0.1) is 23.5 Å². The number of rotatable bonds is 13. The summed E-state index contributed by atoms with van der Waals surface area (Å²) in [5, 5.41) is 18.4. The van der Waals surface area contributed by atoms with Gasteiger partial charge >= 0.3 is 18.4 Å². The first-order valence-electron chi connectivity index (χ1n) is 21.1. The number of anilines is 1. The Morgan fingerprint density at radius 1 is 0.972 bits per heavy atom. The number of benzene rings is 2. The van der Waals surface area contributed by atoms with Gasteiger partial charge in [-0.2, -0.15) is 49.6 Å². The number of halogens is 11. The Bertz CT molecular complexity index is 3260. The van der Waals surface area contributed by atoms with E-state index in [1.54, 1.807) is 0 Å². The number of hydrogen-bond acceptors (Lipinski definition) is 11. The maximum absolute atomic E-state index is 15.4. The Morgan fingerprint density at radius 3 is 2.14 bits per heavy atom. The summed E-state index contributed by atoms with van der Waals surface area (Å²) in [6.45, 7) is 2.57. The quantitative estimate of drug-likeness (QED) is 0.0850. The minimum absolute atomic E-state index is 0.111. The molecule has 0 radical (unpaired) electrons. The summed E-state index contributed by atoms with van der Waals surface area (Å²) in [4.78, 5) is 32.2. The molecule has 15 nitrogen and oxygen atoms in total. The van der Waals surface area contributed by atoms with Gasteiger partial charge in [-0.15, -0.1) is 0 Å². The van der Waals surface area contributed by atoms with Crippen LogP contribution in [0.3, 0.4) is 0 Å². The van der Waals surface area contributed by atoms with Crippen molar-refractivity contribution in [1.82, 2.24) is 29.9 Å². The van der Waals surface area contributed by atoms with E-state index in [9.17, 15) is 66.7 Å². The van der Waals surface area contributed by atoms with E-state index in [0.29, 0.717) is 12.3 Å². The second-order valence-corrected chi connectivity index (χ2v) is 22.4. The Balaban J connectivity index is 1.66. The first-order valence-corrected chi connectivity index (χ1v) is 25.2. The van der Waals surface area contributed by atoms with E-state index in [1.165, 1.54) is 27.7 Å². The predicted octanol–water partition coefficient (Wildman–Crippen LogP) is 8.35. The second-order valence-electron chi connectivity index (χ2n) is 17.6. The minimum Gasteiger partial charge on any atom is -0.443 e. The van der Waals surface area contributed by atoms with Crippen molar-refractivity contribution in [1.29, 1.82) is 0 Å². The highest BCUT2D eigenvalue weighted by Crippen LogP contribution is 2.52. The van der Waals surface area contributed by atoms with Gasteiger partial charge in [0.05, 0.1) is 40.0 Å². The number of amides is 2. The molecule has 6 rings (SSSR count). The van der Waals surface area contributed by atoms with Gasteiger partial charge in [0.25, 0.3) is 5.92 Å². The fraction of sp³-hybridized carbons (Fsp3) is 0.432. The van der Waals surface area contributed by atoms with Crippen molar-refractivity contribution in [2.45, 2.75) is 108 Å². The zero-order chi connectivity index (χ0) is 54.0. The molecule has 2 aromatic carbocycles. The van der Waals surface area contributed by atoms with E-state index >= 15 is 8.78 Å². The molecule has 2 amide bonds. The number of nitrogens with zero attached hydrogens (tertiary/aromatic N) is 6. The van der Waals surface area contributed by atoms with Gasteiger partial charge in [-0.25, -0.2) is 35.4 Å². The summed E-state index contributed by atoms with van der Waals surface area (Å²) in [7, 11) is -8.81. The molecule has 3 aromatic heterocycles. The molecular formula is C44H42ClF10N7O8S2. The molecule has 0 aliphatic heterocycles. The van der Waals surface area contributed by atoms with Crippen LogP contribution in [-0.4, -0.2) is 94.1 Å². The smallest absolute Gasteiger partial charge is 0.435 e. The molecule has 3 heterocycles. The Kier molecular flexibility index (Phi) is 15.0. The summed E-state index contributed by atoms with van der Waals surface area (Å²) >= 11 is 6.60. The monoisotopic (exact) mass is 1090 g/mol. The van der Waals surface area contributed by atoms with Crippen LogP contribution >= 0.6 is 11.6 Å². The zero-order valence-corrected chi connectivity index (χ0v) is 41.0. The van der Waals surface area contributed by atoms with E-state index in [1.807, 2.05) is 0 Å². The van der Waals surface area contributed by atoms with Crippen molar-refractivity contribution in [3.05, 3.63) is 93.0 Å². The SMILES string of the molecule is C[C@H](O)[C@H](C)OC(=O)N(c1nn(CC(F)(F)F)c2c(-c3ccc(C#CC(C)(C)S(C)(=O)=O)nc3[C@H](Cc3cc(F)cc(F)c3)NC(=O)Cn3nc(C(F)(F)F)c4c3C(F)(F)C[C@@H]4C)ccc(Cl)c12)S(C)(=O)=O. The van der Waals surface area contributed by atoms with E-state index in [2.05, 4.69) is 32.3 Å². The van der Waals surface area contributed by atoms with Crippen LogP contribution in [0.25, 0.3) is 22.0 Å². The third-order valence-electron chi connectivity index (χ3n) is 11.4. The number of aromatic nitrogens is 5. The summed E-state index contributed by atoms with van der Waals surface area (Å²) in [5.74, 6) is -4.93. The largest absolute Gasteiger partial charge is 0.443 e. The van der Waals surface area contributed by atoms with E-state index in [0.717, 1.165) is 49.6 Å². The fourth-order valence-electron chi connectivity index (χ4n) is 7.73. The van der Waals surface area contributed by atoms with Crippen molar-refractivity contribution in [3.63, 3.8) is 0 Å². The summed E-state index contributed by atoms with van der Waals surface area (Å²) in [6, 6.07) is 4.61. The molecule has 2 N–H and O–H groups in total. The van der Waals surface area contributed by atoms with Crippen LogP contribution in [0.5, 0.6) is 0 Å². The number of carbonyl (C=O) groups is 2. The molecule has 5 aromatic rings. The minimum atomic E-state index is -5.26. The average molecular weight is 1090 g/mol. The van der Waals surface area contributed by atoms with Crippen molar-refractivity contribution in [2.24, 2.45) is 0 Å². The number of sulfone groups is 1. The zero-order valence-electron chi connectivity index (χ0n) is 38.6. The van der Waals surface area contributed by atoms with Crippen LogP contribution in [0.1, 0.15) is 86.9 Å². The maximum atomic E-state index is 15.4. The van der Waals surface area contributed by atoms with Crippen molar-refractivity contribution in [3.8, 4) is 23.0 Å². The second kappa shape index (κ2) is 19.5. The van der Waals surface area contributed by atoms with E-state index in [-0.39, 0.29) is 30.5 Å². The van der Waals surface area contributed by atoms with Crippen LogP contribution < -0.4 is 9.62 Å². The lowest BCUT2D eigenvalue weighted by Gasteiger charge is -2.23. The number of aliphatic hydroxyl groups is 1. The first kappa shape index (κ1) is 55.3. The Hall–Kier alpha value is -5.98. The normalized spacial score (nSPS) is 16.4. The van der Waals surface area contributed by atoms with Crippen LogP contribution in [0.15, 0.2) is 42.5 Å². The maximum Gasteiger partial charge on any atom is 0.435 e. The van der Waals surface area contributed by atoms with Gasteiger partial charge in [0.2, 0.25) is 15.9 Å². The molecule has 72 heavy (non-hydrogen) atoms. The van der Waals surface area contributed by atoms with Gasteiger partial charge in [0.1, 0.15) is 47.0 Å². The molecule has 1 aliphatic carbocycles. The van der Waals surface area contributed by atoms with Gasteiger partial charge in [-0.1, -0.05) is 30.5 Å². The standard InChI is InChI=1S/C44H42ClF10N7O8S2/c1-21-18-42(48,49)38-33(21)37(44(53,54)55)58-60(38)19-32(64)57-31(16-24-14-25(46)17-26(47)15-24)35-28(9-8-27(56-35)12-13-41(4,5)71(6,66)67)29-10-11-30(45)34-36(29)61(20-43(50,51)52)59-39(34)62(72(7,68)69)40(65)70-23(3)22(2)63/h8-11,14-15,17,21-23,31,63H,16,18-20H2,1-7H3,(H,57,64)/t21-,22-,23-,31-/m0/s1. The van der Waals surface area contributed by atoms with Gasteiger partial charge in [0.15, 0.2) is 21.3 Å². The average Bonchev–Trinajstić information content (AvgIpc) is 3.85. The fourth-order valence-corrected chi connectivity index (χ4v) is 8.96. The summed E-state index contributed by atoms with van der Waals surface area (Å²) < 4.78 is 202. The van der Waals surface area contributed by atoms with Crippen molar-refractivity contribution in [2.75, 3.05) is 16.8 Å². The predicted molar refractivity (Wildman–Crippen MR) is 240 cm³/mol. The highest BCUT2D eigenvalue weighted by Gasteiger charge is 2.53. The molecule has 0 saturated carbocycles. The van der Waals surface area contributed by atoms with E-state index < -0.39 is 167 Å². The molecule has 0 unspecified atom stereocenters. The van der Waals surface area contributed by atoms with Gasteiger partial charge < -0.3 is 15.2 Å². The van der Waals surface area contributed by atoms with Crippen molar-refractivity contribution >= 4 is 60.2 Å². The van der Waals surface area contributed by atoms with Gasteiger partial charge in [0, 0.05) is 35.4 Å². The Labute approximate surface area is 409 Å². The summed E-state index contributed by atoms with van der Waals surface area (Å²) in [5.41, 5.74) is -6.24. The number of hydrogen-bond donors (Lipinski definition) is 2. The lowest BCUT2D eigenvalue weighted by molar-refractivity contribution is -0.143. The van der Waals surface area contributed by atoms with Crippen molar-refractivity contribution < 1.29 is 80.2 Å². The number of alkyl halides is 8. The third kappa shape index (κ3) is 11.8. The highest BCUT2D eigenvalue weighted by molar-refractivity contribution is 7.93. The number of ether oxygens (including phenoxy) is 1. The first-order chi connectivity index (χ1) is 32.9. The molecule has 1 aliphatic rings. The molecule has 4 atom stereocenters. The molecule has 0 fully saturated rings. The molecule has 28 heteroatoms. The van der Waals surface area contributed by atoms with Crippen LogP contribution in [0.4, 0.5) is 54.5 Å². The summed E-state index contributed by atoms with van der Waals surface area (Å²) in [6.07, 6.45) is -15.4. The lowest BCUT2D eigenvalue weighted by atomic mass is 9.93. The topological polar surface area (TPSA) is 196 Å². The highest BCUT2D eigenvalue weighted by atomic mass is 35.5. The number of fused-ring (bicyclic) bond motifs is 2. The number of carbonyl (C=O) groups excluding carboxylic acids is 2. The number of sulfonamides is 1. The third-order valence-corrected chi connectivity index (χ3v) is 14.7. The number of aliphatic hydroxyl groups excluding tert-OH is 1. The molecule has 0 bridgehead atoms.